The Bertz CT molecular complexity index is 554. The van der Waals surface area contributed by atoms with Crippen LogP contribution in [0.2, 0.25) is 5.02 Å². The maximum Gasteiger partial charge on any atom is 0.137 e. The molecule has 0 bridgehead atoms. The number of ether oxygens (including phenoxy) is 1. The third kappa shape index (κ3) is 4.94. The van der Waals surface area contributed by atoms with E-state index in [-0.39, 0.29) is 0 Å². The second kappa shape index (κ2) is 8.31. The van der Waals surface area contributed by atoms with E-state index in [9.17, 15) is 0 Å². The van der Waals surface area contributed by atoms with Gasteiger partial charge in [-0.1, -0.05) is 54.9 Å². The van der Waals surface area contributed by atoms with Crippen molar-refractivity contribution in [2.24, 2.45) is 5.92 Å². The zero-order valence-electron chi connectivity index (χ0n) is 12.2. The van der Waals surface area contributed by atoms with Crippen molar-refractivity contribution in [3.05, 3.63) is 53.6 Å². The first-order chi connectivity index (χ1) is 10.2. The molecular formula is C18H20Cl2O. The molecule has 0 amide bonds. The van der Waals surface area contributed by atoms with Crippen LogP contribution in [0.25, 0.3) is 11.1 Å². The predicted octanol–water partition coefficient (Wildman–Crippen LogP) is 6.04. The summed E-state index contributed by atoms with van der Waals surface area (Å²) in [5.74, 6) is 2.02. The lowest BCUT2D eigenvalue weighted by Gasteiger charge is -2.12. The van der Waals surface area contributed by atoms with Gasteiger partial charge in [-0.05, 0) is 42.0 Å². The van der Waals surface area contributed by atoms with E-state index in [0.29, 0.717) is 23.4 Å². The Morgan fingerprint density at radius 3 is 2.43 bits per heavy atom. The van der Waals surface area contributed by atoms with Crippen LogP contribution in [-0.2, 0) is 0 Å². The molecule has 0 saturated heterocycles. The summed E-state index contributed by atoms with van der Waals surface area (Å²) < 4.78 is 5.77. The molecule has 21 heavy (non-hydrogen) atoms. The standard InChI is InChI=1S/C18H20Cl2O/c1-14(9-11-19)10-12-21-18-8-7-16(13-17(18)20)15-5-3-2-4-6-15/h2-8,13-14H,9-12H2,1H3. The normalized spacial score (nSPS) is 12.1. The maximum absolute atomic E-state index is 6.31. The average molecular weight is 323 g/mol. The van der Waals surface area contributed by atoms with Gasteiger partial charge in [-0.15, -0.1) is 11.6 Å². The van der Waals surface area contributed by atoms with E-state index in [1.807, 2.05) is 36.4 Å². The van der Waals surface area contributed by atoms with E-state index in [0.717, 1.165) is 29.7 Å². The van der Waals surface area contributed by atoms with Gasteiger partial charge in [-0.25, -0.2) is 0 Å². The van der Waals surface area contributed by atoms with Gasteiger partial charge in [-0.3, -0.25) is 0 Å². The maximum atomic E-state index is 6.31. The van der Waals surface area contributed by atoms with Crippen LogP contribution in [0.3, 0.4) is 0 Å². The van der Waals surface area contributed by atoms with Crippen molar-refractivity contribution in [1.82, 2.24) is 0 Å². The lowest BCUT2D eigenvalue weighted by molar-refractivity contribution is 0.282. The molecule has 1 nitrogen and oxygen atoms in total. The first kappa shape index (κ1) is 16.2. The molecule has 2 rings (SSSR count). The Hall–Kier alpha value is -1.18. The van der Waals surface area contributed by atoms with Gasteiger partial charge >= 0.3 is 0 Å². The third-order valence-corrected chi connectivity index (χ3v) is 4.02. The summed E-state index contributed by atoms with van der Waals surface area (Å²) in [5.41, 5.74) is 2.25. The molecule has 2 aromatic rings. The second-order valence-corrected chi connectivity index (χ2v) is 6.02. The fraction of sp³-hybridized carbons (Fsp3) is 0.333. The van der Waals surface area contributed by atoms with Crippen molar-refractivity contribution in [2.75, 3.05) is 12.5 Å². The average Bonchev–Trinajstić information content (AvgIpc) is 2.50. The molecule has 1 atom stereocenters. The molecule has 0 heterocycles. The SMILES string of the molecule is CC(CCCl)CCOc1ccc(-c2ccccc2)cc1Cl. The third-order valence-electron chi connectivity index (χ3n) is 3.51. The van der Waals surface area contributed by atoms with Crippen molar-refractivity contribution >= 4 is 23.2 Å². The number of rotatable bonds is 7. The van der Waals surface area contributed by atoms with Crippen LogP contribution in [0, 0.1) is 5.92 Å². The molecule has 112 valence electrons. The number of benzene rings is 2. The van der Waals surface area contributed by atoms with Crippen molar-refractivity contribution in [1.29, 1.82) is 0 Å². The van der Waals surface area contributed by atoms with Crippen LogP contribution in [0.5, 0.6) is 5.75 Å². The molecule has 3 heteroatoms. The second-order valence-electron chi connectivity index (χ2n) is 5.23. The molecule has 0 saturated carbocycles. The molecular weight excluding hydrogens is 303 g/mol. The summed E-state index contributed by atoms with van der Waals surface area (Å²) in [4.78, 5) is 0. The van der Waals surface area contributed by atoms with Crippen LogP contribution in [0.4, 0.5) is 0 Å². The zero-order chi connectivity index (χ0) is 15.1. The Kier molecular flexibility index (Phi) is 6.41. The number of halogens is 2. The molecule has 1 unspecified atom stereocenters. The zero-order valence-corrected chi connectivity index (χ0v) is 13.7. The topological polar surface area (TPSA) is 9.23 Å². The van der Waals surface area contributed by atoms with Crippen molar-refractivity contribution < 1.29 is 4.74 Å². The Balaban J connectivity index is 1.97. The van der Waals surface area contributed by atoms with Gasteiger partial charge < -0.3 is 4.74 Å². The first-order valence-corrected chi connectivity index (χ1v) is 8.15. The smallest absolute Gasteiger partial charge is 0.137 e. The molecule has 0 N–H and O–H groups in total. The van der Waals surface area contributed by atoms with Gasteiger partial charge in [0.25, 0.3) is 0 Å². The van der Waals surface area contributed by atoms with Crippen LogP contribution in [-0.4, -0.2) is 12.5 Å². The Labute approximate surface area is 136 Å². The van der Waals surface area contributed by atoms with Crippen molar-refractivity contribution in [2.45, 2.75) is 19.8 Å². The van der Waals surface area contributed by atoms with Crippen molar-refractivity contribution in [3.63, 3.8) is 0 Å². The first-order valence-electron chi connectivity index (χ1n) is 7.24. The molecule has 0 aliphatic rings. The molecule has 0 radical (unpaired) electrons. The highest BCUT2D eigenvalue weighted by atomic mass is 35.5. The molecule has 0 aliphatic carbocycles. The van der Waals surface area contributed by atoms with Crippen LogP contribution in [0.1, 0.15) is 19.8 Å². The molecule has 0 aromatic heterocycles. The van der Waals surface area contributed by atoms with Gasteiger partial charge in [0.05, 0.1) is 11.6 Å². The summed E-state index contributed by atoms with van der Waals surface area (Å²) in [6, 6.07) is 16.1. The fourth-order valence-corrected chi connectivity index (χ4v) is 2.74. The van der Waals surface area contributed by atoms with E-state index in [2.05, 4.69) is 19.1 Å². The minimum atomic E-state index is 0.574. The fourth-order valence-electron chi connectivity index (χ4n) is 2.13. The van der Waals surface area contributed by atoms with E-state index in [1.165, 1.54) is 0 Å². The lowest BCUT2D eigenvalue weighted by Crippen LogP contribution is -2.05. The Morgan fingerprint density at radius 2 is 1.76 bits per heavy atom. The largest absolute Gasteiger partial charge is 0.492 e. The summed E-state index contributed by atoms with van der Waals surface area (Å²) in [6.07, 6.45) is 2.01. The molecule has 2 aromatic carbocycles. The van der Waals surface area contributed by atoms with Gasteiger partial charge in [0.15, 0.2) is 0 Å². The Morgan fingerprint density at radius 1 is 1.00 bits per heavy atom. The quantitative estimate of drug-likeness (QED) is 0.564. The number of hydrogen-bond donors (Lipinski definition) is 0. The van der Waals surface area contributed by atoms with Crippen molar-refractivity contribution in [3.8, 4) is 16.9 Å². The molecule has 0 spiro atoms. The van der Waals surface area contributed by atoms with Crippen LogP contribution >= 0.6 is 23.2 Å². The minimum absolute atomic E-state index is 0.574. The highest BCUT2D eigenvalue weighted by molar-refractivity contribution is 6.32. The van der Waals surface area contributed by atoms with Crippen LogP contribution in [0.15, 0.2) is 48.5 Å². The summed E-state index contributed by atoms with van der Waals surface area (Å²) >= 11 is 12.0. The van der Waals surface area contributed by atoms with E-state index < -0.39 is 0 Å². The monoisotopic (exact) mass is 322 g/mol. The van der Waals surface area contributed by atoms with Gasteiger partial charge in [0.1, 0.15) is 5.75 Å². The number of hydrogen-bond acceptors (Lipinski definition) is 1. The van der Waals surface area contributed by atoms with Gasteiger partial charge in [-0.2, -0.15) is 0 Å². The molecule has 0 fully saturated rings. The van der Waals surface area contributed by atoms with Gasteiger partial charge in [0.2, 0.25) is 0 Å². The summed E-state index contributed by atoms with van der Waals surface area (Å²) in [7, 11) is 0. The summed E-state index contributed by atoms with van der Waals surface area (Å²) in [6.45, 7) is 2.86. The minimum Gasteiger partial charge on any atom is -0.492 e. The predicted molar refractivity (Wildman–Crippen MR) is 91.5 cm³/mol. The van der Waals surface area contributed by atoms with E-state index in [1.54, 1.807) is 0 Å². The highest BCUT2D eigenvalue weighted by Crippen LogP contribution is 2.30. The van der Waals surface area contributed by atoms with E-state index in [4.69, 9.17) is 27.9 Å². The highest BCUT2D eigenvalue weighted by Gasteiger charge is 2.06. The number of alkyl halides is 1. The van der Waals surface area contributed by atoms with E-state index >= 15 is 0 Å². The molecule has 0 aliphatic heterocycles. The summed E-state index contributed by atoms with van der Waals surface area (Å²) in [5, 5.41) is 0.654. The van der Waals surface area contributed by atoms with Crippen LogP contribution < -0.4 is 4.74 Å². The lowest BCUT2D eigenvalue weighted by atomic mass is 10.1. The van der Waals surface area contributed by atoms with Gasteiger partial charge in [0, 0.05) is 5.88 Å².